The summed E-state index contributed by atoms with van der Waals surface area (Å²) in [5.74, 6) is -0.295. The van der Waals surface area contributed by atoms with E-state index in [-0.39, 0.29) is 55.8 Å². The zero-order valence-electron chi connectivity index (χ0n) is 22.6. The second-order valence-corrected chi connectivity index (χ2v) is 11.3. The topological polar surface area (TPSA) is 83.7 Å². The number of likely N-dealkylation sites (tertiary alicyclic amines) is 1. The number of nitrogens with zero attached hydrogens (tertiary/aromatic N) is 5. The van der Waals surface area contributed by atoms with Crippen LogP contribution in [0.4, 0.5) is 23.2 Å². The summed E-state index contributed by atoms with van der Waals surface area (Å²) in [7, 11) is 1.65. The molecule has 2 atom stereocenters. The minimum Gasteiger partial charge on any atom is -0.396 e. The van der Waals surface area contributed by atoms with E-state index in [0.29, 0.717) is 23.4 Å². The van der Waals surface area contributed by atoms with Crippen LogP contribution in [0.15, 0.2) is 42.7 Å². The first kappa shape index (κ1) is 27.8. The van der Waals surface area contributed by atoms with Crippen molar-refractivity contribution in [2.75, 3.05) is 37.8 Å². The molecular weight excluding hydrogens is 542 g/mol. The number of fused-ring (bicyclic) bond motifs is 1. The summed E-state index contributed by atoms with van der Waals surface area (Å²) in [6.45, 7) is 1.55. The Kier molecular flexibility index (Phi) is 7.11. The number of piperidine rings is 1. The quantitative estimate of drug-likeness (QED) is 0.427. The Bertz CT molecular complexity index is 1450. The third kappa shape index (κ3) is 4.91. The first-order valence-corrected chi connectivity index (χ1v) is 13.6. The Hall–Kier alpha value is -3.35. The molecule has 41 heavy (non-hydrogen) atoms. The maximum absolute atomic E-state index is 15.9. The summed E-state index contributed by atoms with van der Waals surface area (Å²) < 4.78 is 65.5. The van der Waals surface area contributed by atoms with Crippen molar-refractivity contribution in [1.82, 2.24) is 19.7 Å². The predicted molar refractivity (Wildman–Crippen MR) is 141 cm³/mol. The van der Waals surface area contributed by atoms with Gasteiger partial charge in [-0.3, -0.25) is 9.69 Å². The van der Waals surface area contributed by atoms with Crippen molar-refractivity contribution in [3.05, 3.63) is 76.4 Å². The lowest BCUT2D eigenvalue weighted by Crippen LogP contribution is -2.50. The van der Waals surface area contributed by atoms with Crippen LogP contribution in [0.5, 0.6) is 0 Å². The highest BCUT2D eigenvalue weighted by Gasteiger charge is 2.51. The Morgan fingerprint density at radius 3 is 2.68 bits per heavy atom. The molecule has 0 spiro atoms. The van der Waals surface area contributed by atoms with E-state index in [1.54, 1.807) is 37.4 Å². The van der Waals surface area contributed by atoms with Gasteiger partial charge >= 0.3 is 6.18 Å². The lowest BCUT2D eigenvalue weighted by atomic mass is 9.74. The van der Waals surface area contributed by atoms with Gasteiger partial charge in [0.25, 0.3) is 5.91 Å². The van der Waals surface area contributed by atoms with E-state index < -0.39 is 29.2 Å². The first-order chi connectivity index (χ1) is 19.6. The van der Waals surface area contributed by atoms with Crippen LogP contribution in [0.3, 0.4) is 0 Å². The van der Waals surface area contributed by atoms with E-state index in [1.165, 1.54) is 15.8 Å². The molecule has 12 heteroatoms. The molecule has 2 fully saturated rings. The molecule has 1 amide bonds. The van der Waals surface area contributed by atoms with Gasteiger partial charge in [0.2, 0.25) is 0 Å². The summed E-state index contributed by atoms with van der Waals surface area (Å²) in [5.41, 5.74) is -0.543. The molecule has 0 bridgehead atoms. The molecule has 3 aliphatic rings. The van der Waals surface area contributed by atoms with Gasteiger partial charge in [-0.25, -0.2) is 4.39 Å². The number of halogens is 4. The highest BCUT2D eigenvalue weighted by molar-refractivity contribution is 6.10. The van der Waals surface area contributed by atoms with E-state index in [1.807, 2.05) is 4.90 Å². The first-order valence-electron chi connectivity index (χ1n) is 13.6. The van der Waals surface area contributed by atoms with Crippen molar-refractivity contribution in [3.63, 3.8) is 0 Å². The smallest absolute Gasteiger partial charge is 0.396 e. The fraction of sp³-hybridized carbons (Fsp3) is 0.483. The number of hydrogen-bond acceptors (Lipinski definition) is 6. The molecule has 6 rings (SSSR count). The molecular formula is C29H31F4N5O3. The summed E-state index contributed by atoms with van der Waals surface area (Å²) in [5, 5.41) is 17.2. The molecule has 0 aliphatic carbocycles. The predicted octanol–water partition coefficient (Wildman–Crippen LogP) is 4.18. The zero-order valence-corrected chi connectivity index (χ0v) is 22.6. The lowest BCUT2D eigenvalue weighted by Gasteiger charge is -2.43. The number of hydrogen-bond donors (Lipinski definition) is 1. The van der Waals surface area contributed by atoms with Crippen LogP contribution in [0.1, 0.15) is 57.4 Å². The van der Waals surface area contributed by atoms with Crippen molar-refractivity contribution in [3.8, 4) is 0 Å². The van der Waals surface area contributed by atoms with Crippen molar-refractivity contribution in [2.45, 2.75) is 43.7 Å². The van der Waals surface area contributed by atoms with Crippen LogP contribution >= 0.6 is 0 Å². The van der Waals surface area contributed by atoms with Crippen LogP contribution < -0.4 is 4.90 Å². The highest BCUT2D eigenvalue weighted by atomic mass is 19.4. The highest BCUT2D eigenvalue weighted by Crippen LogP contribution is 2.47. The summed E-state index contributed by atoms with van der Waals surface area (Å²) in [6.07, 6.45) is -3.03. The van der Waals surface area contributed by atoms with Gasteiger partial charge in [0.1, 0.15) is 6.33 Å². The van der Waals surface area contributed by atoms with Crippen LogP contribution in [-0.4, -0.2) is 63.6 Å². The molecule has 8 nitrogen and oxygen atoms in total. The molecule has 218 valence electrons. The van der Waals surface area contributed by atoms with E-state index in [2.05, 4.69) is 10.2 Å². The number of carbonyl (C=O) groups excluding carboxylic acids is 1. The summed E-state index contributed by atoms with van der Waals surface area (Å²) in [4.78, 5) is 17.0. The third-order valence-corrected chi connectivity index (χ3v) is 8.58. The van der Waals surface area contributed by atoms with Crippen molar-refractivity contribution in [2.24, 2.45) is 13.0 Å². The lowest BCUT2D eigenvalue weighted by molar-refractivity contribution is -0.138. The number of aliphatic hydroxyl groups is 1. The second-order valence-electron chi connectivity index (χ2n) is 11.3. The molecule has 1 aromatic heterocycles. The molecule has 2 aromatic carbocycles. The maximum atomic E-state index is 15.9. The van der Waals surface area contributed by atoms with Gasteiger partial charge in [0.15, 0.2) is 12.0 Å². The van der Waals surface area contributed by atoms with Crippen LogP contribution in [-0.2, 0) is 36.5 Å². The molecule has 2 saturated heterocycles. The van der Waals surface area contributed by atoms with E-state index in [9.17, 15) is 23.1 Å². The number of rotatable bonds is 7. The molecule has 3 aromatic rings. The maximum Gasteiger partial charge on any atom is 0.416 e. The SMILES string of the molecule is Cn1cnnc1[C@H](F)C1(c2cccc(N3Cc4c(cc(CN5CCC[C@H](CO)C5)cc4C(F)(F)F)C3=O)c2)COC1. The number of aryl methyl sites for hydroxylation is 1. The summed E-state index contributed by atoms with van der Waals surface area (Å²) >= 11 is 0. The number of carbonyl (C=O) groups is 1. The van der Waals surface area contributed by atoms with Crippen molar-refractivity contribution >= 4 is 11.6 Å². The Morgan fingerprint density at radius 1 is 1.22 bits per heavy atom. The monoisotopic (exact) mass is 573 g/mol. The fourth-order valence-electron chi connectivity index (χ4n) is 6.26. The average molecular weight is 574 g/mol. The van der Waals surface area contributed by atoms with Crippen LogP contribution in [0, 0.1) is 5.92 Å². The van der Waals surface area contributed by atoms with Gasteiger partial charge in [0.05, 0.1) is 30.7 Å². The third-order valence-electron chi connectivity index (χ3n) is 8.58. The fourth-order valence-corrected chi connectivity index (χ4v) is 6.26. The molecule has 0 saturated carbocycles. The number of anilines is 1. The second kappa shape index (κ2) is 10.5. The van der Waals surface area contributed by atoms with Gasteiger partial charge in [-0.1, -0.05) is 12.1 Å². The molecule has 0 radical (unpaired) electrons. The number of benzene rings is 2. The van der Waals surface area contributed by atoms with Gasteiger partial charge in [-0.15, -0.1) is 10.2 Å². The van der Waals surface area contributed by atoms with Crippen molar-refractivity contribution < 1.29 is 32.2 Å². The Morgan fingerprint density at radius 2 is 2.02 bits per heavy atom. The van der Waals surface area contributed by atoms with Gasteiger partial charge in [-0.05, 0) is 66.3 Å². The summed E-state index contributed by atoms with van der Waals surface area (Å²) in [6, 6.07) is 9.42. The zero-order chi connectivity index (χ0) is 28.9. The van der Waals surface area contributed by atoms with E-state index >= 15 is 4.39 Å². The van der Waals surface area contributed by atoms with Gasteiger partial charge < -0.3 is 19.3 Å². The molecule has 1 N–H and O–H groups in total. The van der Waals surface area contributed by atoms with Gasteiger partial charge in [0, 0.05) is 38.0 Å². The number of aromatic nitrogens is 3. The molecule has 3 aliphatic heterocycles. The minimum atomic E-state index is -4.64. The van der Waals surface area contributed by atoms with E-state index in [0.717, 1.165) is 25.5 Å². The Labute approximate surface area is 234 Å². The van der Waals surface area contributed by atoms with Gasteiger partial charge in [-0.2, -0.15) is 13.2 Å². The average Bonchev–Trinajstić information content (AvgIpc) is 3.50. The standard InChI is InChI=1S/C29H31F4N5O3/c1-36-17-34-35-26(36)25(30)28(15-41-16-28)20-5-2-6-21(10-20)38-13-23-22(27(38)40)8-19(9-24(23)29(31,32)33)12-37-7-3-4-18(11-37)14-39/h2,5-6,8-10,17-18,25,39H,3-4,7,11-16H2,1H3/t18-,25-/m0/s1. The van der Waals surface area contributed by atoms with E-state index in [4.69, 9.17) is 4.74 Å². The number of aliphatic hydroxyl groups excluding tert-OH is 1. The largest absolute Gasteiger partial charge is 0.416 e. The number of ether oxygens (including phenoxy) is 1. The normalized spacial score (nSPS) is 21.6. The van der Waals surface area contributed by atoms with Crippen LogP contribution in [0.2, 0.25) is 0 Å². The number of amides is 1. The van der Waals surface area contributed by atoms with Crippen LogP contribution in [0.25, 0.3) is 0 Å². The molecule has 4 heterocycles. The minimum absolute atomic E-state index is 0.0279. The Balaban J connectivity index is 1.31. The van der Waals surface area contributed by atoms with Crippen molar-refractivity contribution in [1.29, 1.82) is 0 Å². The molecule has 0 unspecified atom stereocenters. The number of alkyl halides is 4.